The van der Waals surface area contributed by atoms with E-state index >= 15 is 0 Å². The average Bonchev–Trinajstić information content (AvgIpc) is 2.51. The molecule has 0 unspecified atom stereocenters. The highest BCUT2D eigenvalue weighted by Crippen LogP contribution is 2.23. The van der Waals surface area contributed by atoms with E-state index in [1.54, 1.807) is 0 Å². The van der Waals surface area contributed by atoms with Crippen LogP contribution >= 0.6 is 0 Å². The van der Waals surface area contributed by atoms with Crippen molar-refractivity contribution >= 4 is 11.6 Å². The summed E-state index contributed by atoms with van der Waals surface area (Å²) in [6.45, 7) is 7.97. The SMILES string of the molecule is CC[C@@H](Oc1cccc(C)c1C)C(=O)Nc1ccccc1C. The van der Waals surface area contributed by atoms with Gasteiger partial charge in [0.05, 0.1) is 0 Å². The third kappa shape index (κ3) is 3.67. The smallest absolute Gasteiger partial charge is 0.265 e. The van der Waals surface area contributed by atoms with Crippen molar-refractivity contribution in [1.29, 1.82) is 0 Å². The molecule has 0 aliphatic rings. The highest BCUT2D eigenvalue weighted by atomic mass is 16.5. The fourth-order valence-electron chi connectivity index (χ4n) is 2.25. The summed E-state index contributed by atoms with van der Waals surface area (Å²) >= 11 is 0. The van der Waals surface area contributed by atoms with Crippen LogP contribution in [0, 0.1) is 20.8 Å². The van der Waals surface area contributed by atoms with Crippen molar-refractivity contribution in [2.45, 2.75) is 40.2 Å². The Morgan fingerprint density at radius 1 is 1.05 bits per heavy atom. The van der Waals surface area contributed by atoms with Crippen LogP contribution in [-0.2, 0) is 4.79 Å². The second-order valence-corrected chi connectivity index (χ2v) is 5.52. The molecule has 0 aromatic heterocycles. The van der Waals surface area contributed by atoms with Gasteiger partial charge in [0, 0.05) is 5.69 Å². The van der Waals surface area contributed by atoms with Crippen LogP contribution in [0.4, 0.5) is 5.69 Å². The Morgan fingerprint density at radius 2 is 1.73 bits per heavy atom. The summed E-state index contributed by atoms with van der Waals surface area (Å²) in [6, 6.07) is 13.6. The van der Waals surface area contributed by atoms with E-state index in [2.05, 4.69) is 5.32 Å². The largest absolute Gasteiger partial charge is 0.480 e. The molecule has 1 atom stereocenters. The number of ether oxygens (including phenoxy) is 1. The molecular weight excluding hydrogens is 274 g/mol. The molecule has 116 valence electrons. The summed E-state index contributed by atoms with van der Waals surface area (Å²) in [5.74, 6) is 0.657. The first-order valence-electron chi connectivity index (χ1n) is 7.62. The number of benzene rings is 2. The quantitative estimate of drug-likeness (QED) is 0.888. The molecule has 0 aliphatic carbocycles. The lowest BCUT2D eigenvalue weighted by Crippen LogP contribution is -2.32. The van der Waals surface area contributed by atoms with E-state index in [0.717, 1.165) is 28.1 Å². The van der Waals surface area contributed by atoms with Gasteiger partial charge in [-0.1, -0.05) is 37.3 Å². The number of para-hydroxylation sites is 1. The normalized spacial score (nSPS) is 11.8. The van der Waals surface area contributed by atoms with Gasteiger partial charge in [0.25, 0.3) is 5.91 Å². The highest BCUT2D eigenvalue weighted by molar-refractivity contribution is 5.95. The van der Waals surface area contributed by atoms with Crippen LogP contribution in [0.2, 0.25) is 0 Å². The molecule has 0 saturated carbocycles. The van der Waals surface area contributed by atoms with E-state index in [4.69, 9.17) is 4.74 Å². The Bertz CT molecular complexity index is 664. The first-order valence-corrected chi connectivity index (χ1v) is 7.62. The second kappa shape index (κ2) is 7.12. The van der Waals surface area contributed by atoms with Gasteiger partial charge in [-0.3, -0.25) is 4.79 Å². The number of carbonyl (C=O) groups is 1. The minimum absolute atomic E-state index is 0.113. The number of carbonyl (C=O) groups excluding carboxylic acids is 1. The lowest BCUT2D eigenvalue weighted by molar-refractivity contribution is -0.122. The lowest BCUT2D eigenvalue weighted by atomic mass is 10.1. The van der Waals surface area contributed by atoms with Gasteiger partial charge in [0.15, 0.2) is 6.10 Å². The number of rotatable bonds is 5. The van der Waals surface area contributed by atoms with E-state index < -0.39 is 6.10 Å². The van der Waals surface area contributed by atoms with Crippen molar-refractivity contribution in [3.05, 3.63) is 59.2 Å². The molecule has 0 heterocycles. The Morgan fingerprint density at radius 3 is 2.41 bits per heavy atom. The van der Waals surface area contributed by atoms with Crippen molar-refractivity contribution in [2.24, 2.45) is 0 Å². The van der Waals surface area contributed by atoms with E-state index in [0.29, 0.717) is 6.42 Å². The summed E-state index contributed by atoms with van der Waals surface area (Å²) in [4.78, 5) is 12.5. The van der Waals surface area contributed by atoms with Crippen LogP contribution in [0.1, 0.15) is 30.0 Å². The molecule has 0 saturated heterocycles. The third-order valence-electron chi connectivity index (χ3n) is 3.89. The molecule has 1 N–H and O–H groups in total. The zero-order chi connectivity index (χ0) is 16.1. The number of amides is 1. The number of hydrogen-bond donors (Lipinski definition) is 1. The minimum atomic E-state index is -0.500. The molecule has 1 amide bonds. The summed E-state index contributed by atoms with van der Waals surface area (Å²) in [6.07, 6.45) is 0.116. The van der Waals surface area contributed by atoms with Crippen molar-refractivity contribution < 1.29 is 9.53 Å². The van der Waals surface area contributed by atoms with E-state index in [1.165, 1.54) is 0 Å². The molecule has 0 fully saturated rings. The summed E-state index contributed by atoms with van der Waals surface area (Å²) in [5, 5.41) is 2.95. The standard InChI is InChI=1S/C19H23NO2/c1-5-17(22-18-12-8-10-13(2)15(18)4)19(21)20-16-11-7-6-9-14(16)3/h6-12,17H,5H2,1-4H3,(H,20,21)/t17-/m1/s1. The van der Waals surface area contributed by atoms with Gasteiger partial charge in [-0.2, -0.15) is 0 Å². The molecule has 22 heavy (non-hydrogen) atoms. The van der Waals surface area contributed by atoms with Gasteiger partial charge in [-0.05, 0) is 56.0 Å². The third-order valence-corrected chi connectivity index (χ3v) is 3.89. The molecule has 3 heteroatoms. The molecule has 3 nitrogen and oxygen atoms in total. The van der Waals surface area contributed by atoms with E-state index in [1.807, 2.05) is 70.2 Å². The molecule has 0 radical (unpaired) electrons. The molecule has 0 bridgehead atoms. The maximum absolute atomic E-state index is 12.5. The maximum atomic E-state index is 12.5. The maximum Gasteiger partial charge on any atom is 0.265 e. The summed E-state index contributed by atoms with van der Waals surface area (Å²) in [7, 11) is 0. The molecule has 0 aliphatic heterocycles. The van der Waals surface area contributed by atoms with Crippen LogP contribution in [0.3, 0.4) is 0 Å². The molecular formula is C19H23NO2. The van der Waals surface area contributed by atoms with Crippen molar-refractivity contribution in [3.63, 3.8) is 0 Å². The van der Waals surface area contributed by atoms with Crippen LogP contribution < -0.4 is 10.1 Å². The monoisotopic (exact) mass is 297 g/mol. The molecule has 2 aromatic rings. The fraction of sp³-hybridized carbons (Fsp3) is 0.316. The average molecular weight is 297 g/mol. The predicted octanol–water partition coefficient (Wildman–Crippen LogP) is 4.41. The highest BCUT2D eigenvalue weighted by Gasteiger charge is 2.20. The lowest BCUT2D eigenvalue weighted by Gasteiger charge is -2.19. The van der Waals surface area contributed by atoms with Crippen LogP contribution in [0.5, 0.6) is 5.75 Å². The first-order chi connectivity index (χ1) is 10.5. The first kappa shape index (κ1) is 16.1. The Balaban J connectivity index is 2.13. The Labute approximate surface area is 132 Å². The molecule has 2 aromatic carbocycles. The van der Waals surface area contributed by atoms with Crippen molar-refractivity contribution in [3.8, 4) is 5.75 Å². The van der Waals surface area contributed by atoms with E-state index in [-0.39, 0.29) is 5.91 Å². The van der Waals surface area contributed by atoms with Gasteiger partial charge in [0.1, 0.15) is 5.75 Å². The number of nitrogens with one attached hydrogen (secondary N) is 1. The van der Waals surface area contributed by atoms with Gasteiger partial charge < -0.3 is 10.1 Å². The van der Waals surface area contributed by atoms with Crippen LogP contribution in [0.25, 0.3) is 0 Å². The number of aryl methyl sites for hydroxylation is 2. The molecule has 2 rings (SSSR count). The topological polar surface area (TPSA) is 38.3 Å². The molecule has 0 spiro atoms. The Kier molecular flexibility index (Phi) is 5.21. The second-order valence-electron chi connectivity index (χ2n) is 5.52. The minimum Gasteiger partial charge on any atom is -0.480 e. The van der Waals surface area contributed by atoms with Gasteiger partial charge in [0.2, 0.25) is 0 Å². The van der Waals surface area contributed by atoms with Crippen molar-refractivity contribution in [1.82, 2.24) is 0 Å². The van der Waals surface area contributed by atoms with Crippen molar-refractivity contribution in [2.75, 3.05) is 5.32 Å². The zero-order valence-electron chi connectivity index (χ0n) is 13.6. The van der Waals surface area contributed by atoms with Crippen LogP contribution in [0.15, 0.2) is 42.5 Å². The summed E-state index contributed by atoms with van der Waals surface area (Å²) in [5.41, 5.74) is 4.10. The fourth-order valence-corrected chi connectivity index (χ4v) is 2.25. The van der Waals surface area contributed by atoms with Gasteiger partial charge in [-0.25, -0.2) is 0 Å². The van der Waals surface area contributed by atoms with Gasteiger partial charge >= 0.3 is 0 Å². The van der Waals surface area contributed by atoms with E-state index in [9.17, 15) is 4.79 Å². The zero-order valence-corrected chi connectivity index (χ0v) is 13.6. The summed E-state index contributed by atoms with van der Waals surface area (Å²) < 4.78 is 5.94. The van der Waals surface area contributed by atoms with Crippen LogP contribution in [-0.4, -0.2) is 12.0 Å². The van der Waals surface area contributed by atoms with Gasteiger partial charge in [-0.15, -0.1) is 0 Å². The predicted molar refractivity (Wildman–Crippen MR) is 90.4 cm³/mol. The Hall–Kier alpha value is -2.29. The number of hydrogen-bond acceptors (Lipinski definition) is 2. The number of anilines is 1.